The van der Waals surface area contributed by atoms with Gasteiger partial charge in [-0.15, -0.1) is 0 Å². The van der Waals surface area contributed by atoms with Crippen LogP contribution in [0.3, 0.4) is 0 Å². The highest BCUT2D eigenvalue weighted by molar-refractivity contribution is 6.80. The molecule has 2 rings (SSSR count). The van der Waals surface area contributed by atoms with E-state index in [9.17, 15) is 4.79 Å². The van der Waals surface area contributed by atoms with Gasteiger partial charge in [0.1, 0.15) is 0 Å². The Hall–Kier alpha value is -2.03. The summed E-state index contributed by atoms with van der Waals surface area (Å²) >= 11 is 0. The molecular formula is C13H11BO2. The van der Waals surface area contributed by atoms with Crippen molar-refractivity contribution in [2.45, 2.75) is 0 Å². The average Bonchev–Trinajstić information content (AvgIpc) is 2.38. The molecule has 2 aromatic rings. The molecule has 0 aliphatic rings. The molecule has 0 saturated heterocycles. The Morgan fingerprint density at radius 2 is 1.25 bits per heavy atom. The quantitative estimate of drug-likeness (QED) is 0.555. The zero-order chi connectivity index (χ0) is 11.2. The zero-order valence-electron chi connectivity index (χ0n) is 8.74. The molecule has 0 radical (unpaired) electrons. The van der Waals surface area contributed by atoms with Crippen molar-refractivity contribution in [2.24, 2.45) is 0 Å². The van der Waals surface area contributed by atoms with Crippen molar-refractivity contribution in [3.63, 3.8) is 0 Å². The van der Waals surface area contributed by atoms with E-state index < -0.39 is 0 Å². The summed E-state index contributed by atoms with van der Waals surface area (Å²) in [7, 11) is 0. The molecule has 78 valence electrons. The third-order valence-corrected chi connectivity index (χ3v) is 2.40. The molecule has 0 saturated carbocycles. The van der Waals surface area contributed by atoms with E-state index in [0.29, 0.717) is 6.47 Å². The van der Waals surface area contributed by atoms with Crippen LogP contribution in [0.15, 0.2) is 60.7 Å². The van der Waals surface area contributed by atoms with Crippen molar-refractivity contribution >= 4 is 24.3 Å². The van der Waals surface area contributed by atoms with Gasteiger partial charge < -0.3 is 4.65 Å². The summed E-state index contributed by atoms with van der Waals surface area (Å²) in [4.78, 5) is 10.5. The summed E-state index contributed by atoms with van der Waals surface area (Å²) in [5.74, 6) is 0. The van der Waals surface area contributed by atoms with Gasteiger partial charge in [0.2, 0.25) is 0 Å². The van der Waals surface area contributed by atoms with Gasteiger partial charge in [0.25, 0.3) is 6.47 Å². The molecule has 0 N–H and O–H groups in total. The molecule has 0 fully saturated rings. The smallest absolute Gasteiger partial charge is 0.429 e. The Balaban J connectivity index is 2.35. The van der Waals surface area contributed by atoms with Gasteiger partial charge in [-0.05, 0) is 10.9 Å². The molecule has 0 aliphatic carbocycles. The van der Waals surface area contributed by atoms with Crippen LogP contribution in [0.25, 0.3) is 0 Å². The molecule has 0 atom stereocenters. The molecule has 0 spiro atoms. The second-order valence-corrected chi connectivity index (χ2v) is 3.43. The predicted octanol–water partition coefficient (Wildman–Crippen LogP) is 0.965. The van der Waals surface area contributed by atoms with Gasteiger partial charge in [0.15, 0.2) is 0 Å². The van der Waals surface area contributed by atoms with Crippen molar-refractivity contribution in [2.75, 3.05) is 0 Å². The van der Waals surface area contributed by atoms with Crippen LogP contribution in [0.4, 0.5) is 0 Å². The monoisotopic (exact) mass is 210 g/mol. The second-order valence-electron chi connectivity index (χ2n) is 3.43. The minimum absolute atomic E-state index is 0.320. The molecule has 2 nitrogen and oxygen atoms in total. The van der Waals surface area contributed by atoms with Crippen molar-refractivity contribution in [1.82, 2.24) is 0 Å². The topological polar surface area (TPSA) is 26.3 Å². The molecule has 0 aliphatic heterocycles. The van der Waals surface area contributed by atoms with Crippen LogP contribution >= 0.6 is 0 Å². The minimum Gasteiger partial charge on any atom is -0.528 e. The Morgan fingerprint density at radius 3 is 1.62 bits per heavy atom. The van der Waals surface area contributed by atoms with Gasteiger partial charge >= 0.3 is 6.92 Å². The molecule has 0 bridgehead atoms. The first-order valence-corrected chi connectivity index (χ1v) is 5.11. The molecule has 0 heterocycles. The highest BCUT2D eigenvalue weighted by Crippen LogP contribution is 1.93. The van der Waals surface area contributed by atoms with E-state index in [0.717, 1.165) is 10.9 Å². The first-order chi connectivity index (χ1) is 7.92. The standard InChI is InChI=1S/C13H11BO2/c15-11-16-14(12-7-3-1-4-8-12)13-9-5-2-6-10-13/h1-11H. The van der Waals surface area contributed by atoms with Gasteiger partial charge in [-0.3, -0.25) is 4.79 Å². The number of hydrogen-bond donors (Lipinski definition) is 0. The van der Waals surface area contributed by atoms with E-state index in [1.165, 1.54) is 0 Å². The normalized spacial score (nSPS) is 9.50. The maximum atomic E-state index is 10.5. The second kappa shape index (κ2) is 5.17. The van der Waals surface area contributed by atoms with Gasteiger partial charge in [0.05, 0.1) is 0 Å². The highest BCUT2D eigenvalue weighted by atomic mass is 16.5. The molecule has 0 aromatic heterocycles. The largest absolute Gasteiger partial charge is 0.528 e. The van der Waals surface area contributed by atoms with Crippen LogP contribution < -0.4 is 10.9 Å². The summed E-state index contributed by atoms with van der Waals surface area (Å²) in [5, 5.41) is 0. The zero-order valence-corrected chi connectivity index (χ0v) is 8.74. The lowest BCUT2D eigenvalue weighted by Gasteiger charge is -2.11. The van der Waals surface area contributed by atoms with Crippen LogP contribution in [0, 0.1) is 0 Å². The lowest BCUT2D eigenvalue weighted by molar-refractivity contribution is -0.120. The summed E-state index contributed by atoms with van der Waals surface area (Å²) in [6, 6.07) is 19.4. The predicted molar refractivity (Wildman–Crippen MR) is 65.1 cm³/mol. The van der Waals surface area contributed by atoms with Crippen LogP contribution in [0.2, 0.25) is 0 Å². The molecule has 16 heavy (non-hydrogen) atoms. The van der Waals surface area contributed by atoms with E-state index in [1.54, 1.807) is 0 Å². The first-order valence-electron chi connectivity index (χ1n) is 5.11. The SMILES string of the molecule is O=COB(c1ccccc1)c1ccccc1. The molecular weight excluding hydrogens is 199 g/mol. The molecule has 0 amide bonds. The first kappa shape index (κ1) is 10.5. The van der Waals surface area contributed by atoms with E-state index in [-0.39, 0.29) is 6.92 Å². The third-order valence-electron chi connectivity index (χ3n) is 2.40. The molecule has 2 aromatic carbocycles. The number of rotatable bonds is 4. The maximum absolute atomic E-state index is 10.5. The van der Waals surface area contributed by atoms with E-state index in [1.807, 2.05) is 60.7 Å². The third kappa shape index (κ3) is 2.31. The Morgan fingerprint density at radius 1 is 0.812 bits per heavy atom. The van der Waals surface area contributed by atoms with Crippen LogP contribution in [-0.2, 0) is 9.45 Å². The Kier molecular flexibility index (Phi) is 3.39. The van der Waals surface area contributed by atoms with E-state index >= 15 is 0 Å². The van der Waals surface area contributed by atoms with E-state index in [4.69, 9.17) is 4.65 Å². The highest BCUT2D eigenvalue weighted by Gasteiger charge is 2.21. The summed E-state index contributed by atoms with van der Waals surface area (Å²) in [5.41, 5.74) is 1.95. The number of benzene rings is 2. The van der Waals surface area contributed by atoms with Gasteiger partial charge in [-0.1, -0.05) is 60.7 Å². The summed E-state index contributed by atoms with van der Waals surface area (Å²) in [6.07, 6.45) is 0. The molecule has 3 heteroatoms. The van der Waals surface area contributed by atoms with Crippen LogP contribution in [0.5, 0.6) is 0 Å². The average molecular weight is 210 g/mol. The van der Waals surface area contributed by atoms with Gasteiger partial charge in [0, 0.05) is 0 Å². The van der Waals surface area contributed by atoms with Gasteiger partial charge in [-0.25, -0.2) is 0 Å². The van der Waals surface area contributed by atoms with Crippen molar-refractivity contribution in [3.8, 4) is 0 Å². The summed E-state index contributed by atoms with van der Waals surface area (Å²) in [6.45, 7) is 0.171. The van der Waals surface area contributed by atoms with Gasteiger partial charge in [-0.2, -0.15) is 0 Å². The van der Waals surface area contributed by atoms with Crippen molar-refractivity contribution < 1.29 is 9.45 Å². The fourth-order valence-corrected chi connectivity index (χ4v) is 1.66. The molecule has 0 unspecified atom stereocenters. The maximum Gasteiger partial charge on any atom is 0.429 e. The number of carbonyl (C=O) groups is 1. The van der Waals surface area contributed by atoms with Crippen molar-refractivity contribution in [3.05, 3.63) is 60.7 Å². The Labute approximate surface area is 95.0 Å². The van der Waals surface area contributed by atoms with Crippen LogP contribution in [-0.4, -0.2) is 13.4 Å². The fourth-order valence-electron chi connectivity index (χ4n) is 1.66. The summed E-state index contributed by atoms with van der Waals surface area (Å²) < 4.78 is 5.13. The number of carbonyl (C=O) groups excluding carboxylic acids is 1. The lowest BCUT2D eigenvalue weighted by atomic mass is 9.55. The minimum atomic E-state index is -0.320. The lowest BCUT2D eigenvalue weighted by Crippen LogP contribution is -2.44. The van der Waals surface area contributed by atoms with E-state index in [2.05, 4.69) is 0 Å². The van der Waals surface area contributed by atoms with Crippen LogP contribution in [0.1, 0.15) is 0 Å². The Bertz CT molecular complexity index is 403. The fraction of sp³-hybridized carbons (Fsp3) is 0. The number of hydrogen-bond acceptors (Lipinski definition) is 2. The van der Waals surface area contributed by atoms with Crippen molar-refractivity contribution in [1.29, 1.82) is 0 Å².